The molecule has 0 spiro atoms. The van der Waals surface area contributed by atoms with Crippen LogP contribution in [0.25, 0.3) is 0 Å². The molecule has 0 radical (unpaired) electrons. The SMILES string of the molecule is CCCC(Oc1c(F)c(F)c(F)c(F)c1F)(C1CCCCC1)C1CCCCC1. The van der Waals surface area contributed by atoms with E-state index in [-0.39, 0.29) is 11.8 Å². The van der Waals surface area contributed by atoms with Crippen LogP contribution in [0, 0.1) is 40.9 Å². The first kappa shape index (κ1) is 21.4. The van der Waals surface area contributed by atoms with Crippen molar-refractivity contribution in [3.8, 4) is 5.75 Å². The second-order valence-electron chi connectivity index (χ2n) is 8.38. The Bertz CT molecular complexity index is 631. The number of hydrogen-bond donors (Lipinski definition) is 0. The van der Waals surface area contributed by atoms with Crippen LogP contribution in [0.4, 0.5) is 22.0 Å². The van der Waals surface area contributed by atoms with Crippen LogP contribution >= 0.6 is 0 Å². The smallest absolute Gasteiger partial charge is 0.207 e. The molecule has 3 rings (SSSR count). The lowest BCUT2D eigenvalue weighted by atomic mass is 9.64. The second-order valence-corrected chi connectivity index (χ2v) is 8.38. The molecule has 2 saturated carbocycles. The molecule has 0 aliphatic heterocycles. The highest BCUT2D eigenvalue weighted by Gasteiger charge is 2.48. The van der Waals surface area contributed by atoms with Gasteiger partial charge in [-0.05, 0) is 43.9 Å². The van der Waals surface area contributed by atoms with Gasteiger partial charge in [-0.15, -0.1) is 0 Å². The summed E-state index contributed by atoms with van der Waals surface area (Å²) in [5, 5.41) is 0. The fourth-order valence-electron chi connectivity index (χ4n) is 5.40. The Morgan fingerprint density at radius 3 is 1.46 bits per heavy atom. The van der Waals surface area contributed by atoms with Crippen LogP contribution in [0.2, 0.25) is 0 Å². The molecule has 2 aliphatic rings. The molecule has 2 fully saturated rings. The first-order valence-electron chi connectivity index (χ1n) is 10.6. The van der Waals surface area contributed by atoms with Crippen LogP contribution in [-0.2, 0) is 0 Å². The van der Waals surface area contributed by atoms with E-state index in [0.29, 0.717) is 6.42 Å². The standard InChI is InChI=1S/C22H29F5O/c1-2-13-22(14-9-5-3-6-10-14,15-11-7-4-8-12-15)28-21-19(26)17(24)16(23)18(25)20(21)27/h14-15H,2-13H2,1H3. The molecule has 0 bridgehead atoms. The lowest BCUT2D eigenvalue weighted by molar-refractivity contribution is -0.0810. The minimum Gasteiger partial charge on any atom is -0.480 e. The third-order valence-corrected chi connectivity index (χ3v) is 6.69. The maximum atomic E-state index is 14.5. The molecule has 28 heavy (non-hydrogen) atoms. The van der Waals surface area contributed by atoms with Crippen LogP contribution in [-0.4, -0.2) is 5.60 Å². The second kappa shape index (κ2) is 9.00. The predicted octanol–water partition coefficient (Wildman–Crippen LogP) is 7.46. The molecule has 2 aliphatic carbocycles. The Morgan fingerprint density at radius 1 is 0.679 bits per heavy atom. The van der Waals surface area contributed by atoms with E-state index >= 15 is 0 Å². The van der Waals surface area contributed by atoms with E-state index < -0.39 is 40.4 Å². The zero-order valence-corrected chi connectivity index (χ0v) is 16.4. The third-order valence-electron chi connectivity index (χ3n) is 6.69. The lowest BCUT2D eigenvalue weighted by Crippen LogP contribution is -2.52. The number of hydrogen-bond acceptors (Lipinski definition) is 1. The molecule has 0 amide bonds. The molecular weight excluding hydrogens is 375 g/mol. The van der Waals surface area contributed by atoms with Crippen LogP contribution in [0.5, 0.6) is 5.75 Å². The van der Waals surface area contributed by atoms with E-state index in [2.05, 4.69) is 0 Å². The normalized spacial score (nSPS) is 19.8. The average Bonchev–Trinajstić information content (AvgIpc) is 2.74. The molecule has 158 valence electrons. The molecule has 0 unspecified atom stereocenters. The van der Waals surface area contributed by atoms with Crippen LogP contribution < -0.4 is 4.74 Å². The topological polar surface area (TPSA) is 9.23 Å². The summed E-state index contributed by atoms with van der Waals surface area (Å²) >= 11 is 0. The number of benzene rings is 1. The molecule has 1 aromatic carbocycles. The van der Waals surface area contributed by atoms with Gasteiger partial charge in [-0.3, -0.25) is 0 Å². The quantitative estimate of drug-likeness (QED) is 0.272. The summed E-state index contributed by atoms with van der Waals surface area (Å²) in [6.07, 6.45) is 11.0. The van der Waals surface area contributed by atoms with Gasteiger partial charge in [0.2, 0.25) is 29.1 Å². The van der Waals surface area contributed by atoms with Crippen molar-refractivity contribution in [2.75, 3.05) is 0 Å². The van der Waals surface area contributed by atoms with Crippen molar-refractivity contribution < 1.29 is 26.7 Å². The van der Waals surface area contributed by atoms with Gasteiger partial charge < -0.3 is 4.74 Å². The minimum atomic E-state index is -2.14. The monoisotopic (exact) mass is 404 g/mol. The molecule has 0 N–H and O–H groups in total. The van der Waals surface area contributed by atoms with Gasteiger partial charge in [-0.25, -0.2) is 13.2 Å². The first-order valence-corrected chi connectivity index (χ1v) is 10.6. The summed E-state index contributed by atoms with van der Waals surface area (Å²) in [4.78, 5) is 0. The predicted molar refractivity (Wildman–Crippen MR) is 97.6 cm³/mol. The molecular formula is C22H29F5O. The van der Waals surface area contributed by atoms with Gasteiger partial charge in [-0.1, -0.05) is 51.9 Å². The number of halogens is 5. The minimum absolute atomic E-state index is 0.0688. The molecule has 6 heteroatoms. The number of ether oxygens (including phenoxy) is 1. The van der Waals surface area contributed by atoms with E-state index in [4.69, 9.17) is 4.74 Å². The Kier molecular flexibility index (Phi) is 6.87. The summed E-state index contributed by atoms with van der Waals surface area (Å²) in [7, 11) is 0. The van der Waals surface area contributed by atoms with E-state index in [1.807, 2.05) is 6.92 Å². The fourth-order valence-corrected chi connectivity index (χ4v) is 5.40. The van der Waals surface area contributed by atoms with Gasteiger partial charge in [0, 0.05) is 0 Å². The molecule has 0 aromatic heterocycles. The Labute approximate surface area is 163 Å². The fraction of sp³-hybridized carbons (Fsp3) is 0.727. The molecule has 0 heterocycles. The van der Waals surface area contributed by atoms with Crippen LogP contribution in [0.3, 0.4) is 0 Å². The third kappa shape index (κ3) is 3.88. The zero-order valence-electron chi connectivity index (χ0n) is 16.4. The lowest BCUT2D eigenvalue weighted by Gasteiger charge is -2.49. The van der Waals surface area contributed by atoms with Crippen molar-refractivity contribution in [3.63, 3.8) is 0 Å². The van der Waals surface area contributed by atoms with Crippen molar-refractivity contribution in [2.24, 2.45) is 11.8 Å². The summed E-state index contributed by atoms with van der Waals surface area (Å²) in [6.45, 7) is 1.97. The molecule has 0 saturated heterocycles. The molecule has 1 nitrogen and oxygen atoms in total. The first-order chi connectivity index (χ1) is 13.4. The van der Waals surface area contributed by atoms with Gasteiger partial charge >= 0.3 is 0 Å². The summed E-state index contributed by atoms with van der Waals surface area (Å²) < 4.78 is 76.0. The average molecular weight is 404 g/mol. The summed E-state index contributed by atoms with van der Waals surface area (Å²) in [6, 6.07) is 0. The van der Waals surface area contributed by atoms with Gasteiger partial charge in [-0.2, -0.15) is 8.78 Å². The van der Waals surface area contributed by atoms with E-state index in [0.717, 1.165) is 70.6 Å². The highest BCUT2D eigenvalue weighted by atomic mass is 19.2. The van der Waals surface area contributed by atoms with E-state index in [1.54, 1.807) is 0 Å². The zero-order chi connectivity index (χ0) is 20.3. The largest absolute Gasteiger partial charge is 0.480 e. The van der Waals surface area contributed by atoms with Crippen molar-refractivity contribution in [2.45, 2.75) is 89.6 Å². The van der Waals surface area contributed by atoms with Crippen molar-refractivity contribution in [1.29, 1.82) is 0 Å². The molecule has 1 aromatic rings. The molecule has 0 atom stereocenters. The Morgan fingerprint density at radius 2 is 1.07 bits per heavy atom. The van der Waals surface area contributed by atoms with E-state index in [9.17, 15) is 22.0 Å². The Hall–Kier alpha value is -1.33. The van der Waals surface area contributed by atoms with Gasteiger partial charge in [0.25, 0.3) is 0 Å². The van der Waals surface area contributed by atoms with Gasteiger partial charge in [0.15, 0.2) is 5.75 Å². The summed E-state index contributed by atoms with van der Waals surface area (Å²) in [5.41, 5.74) is -0.881. The Balaban J connectivity index is 2.08. The van der Waals surface area contributed by atoms with Crippen LogP contribution in [0.15, 0.2) is 0 Å². The van der Waals surface area contributed by atoms with Gasteiger partial charge in [0.05, 0.1) is 0 Å². The van der Waals surface area contributed by atoms with Gasteiger partial charge in [0.1, 0.15) is 5.60 Å². The van der Waals surface area contributed by atoms with E-state index in [1.165, 1.54) is 0 Å². The van der Waals surface area contributed by atoms with Crippen LogP contribution in [0.1, 0.15) is 84.0 Å². The maximum absolute atomic E-state index is 14.5. The number of rotatable bonds is 6. The van der Waals surface area contributed by atoms with Crippen molar-refractivity contribution >= 4 is 0 Å². The highest BCUT2D eigenvalue weighted by Crippen LogP contribution is 2.49. The summed E-state index contributed by atoms with van der Waals surface area (Å²) in [5.74, 6) is -10.7. The van der Waals surface area contributed by atoms with Crippen molar-refractivity contribution in [1.82, 2.24) is 0 Å². The maximum Gasteiger partial charge on any atom is 0.207 e. The highest BCUT2D eigenvalue weighted by molar-refractivity contribution is 5.31. The van der Waals surface area contributed by atoms with Crippen molar-refractivity contribution in [3.05, 3.63) is 29.1 Å².